The lowest BCUT2D eigenvalue weighted by atomic mass is 9.92. The van der Waals surface area contributed by atoms with E-state index in [2.05, 4.69) is 0 Å². The topological polar surface area (TPSA) is 81.1 Å². The van der Waals surface area contributed by atoms with Gasteiger partial charge in [-0.2, -0.15) is 0 Å². The van der Waals surface area contributed by atoms with Gasteiger partial charge in [0.25, 0.3) is 0 Å². The number of amides is 2. The Morgan fingerprint density at radius 3 is 2.29 bits per heavy atom. The van der Waals surface area contributed by atoms with Crippen LogP contribution in [-0.2, 0) is 0 Å². The highest BCUT2D eigenvalue weighted by Gasteiger charge is 2.29. The smallest absolute Gasteiger partial charge is 0.335 e. The van der Waals surface area contributed by atoms with Crippen molar-refractivity contribution >= 4 is 17.7 Å². The third-order valence-electron chi connectivity index (χ3n) is 3.90. The number of anilines is 1. The predicted octanol–water partition coefficient (Wildman–Crippen LogP) is 1.79. The van der Waals surface area contributed by atoms with Crippen molar-refractivity contribution in [2.45, 2.75) is 25.3 Å². The van der Waals surface area contributed by atoms with E-state index in [4.69, 9.17) is 5.11 Å². The number of aromatic carboxylic acids is 1. The summed E-state index contributed by atoms with van der Waals surface area (Å²) in [4.78, 5) is 26.5. The molecule has 1 aromatic carbocycles. The maximum Gasteiger partial charge on any atom is 0.335 e. The molecule has 2 rings (SSSR count). The Morgan fingerprint density at radius 1 is 1.24 bits per heavy atom. The molecule has 1 aliphatic carbocycles. The number of hydrogen-bond acceptors (Lipinski definition) is 3. The molecule has 114 valence electrons. The molecule has 0 bridgehead atoms. The third-order valence-corrected chi connectivity index (χ3v) is 3.90. The molecule has 6 heteroatoms. The summed E-state index contributed by atoms with van der Waals surface area (Å²) >= 11 is 0. The van der Waals surface area contributed by atoms with Crippen molar-refractivity contribution in [1.29, 1.82) is 0 Å². The third kappa shape index (κ3) is 3.33. The van der Waals surface area contributed by atoms with E-state index in [0.29, 0.717) is 5.69 Å². The van der Waals surface area contributed by atoms with Crippen molar-refractivity contribution in [2.75, 3.05) is 25.1 Å². The zero-order valence-electron chi connectivity index (χ0n) is 12.0. The number of carbonyl (C=O) groups excluding carboxylic acids is 1. The molecule has 1 aliphatic rings. The Hall–Kier alpha value is -2.08. The molecule has 0 atom stereocenters. The Bertz CT molecular complexity index is 511. The van der Waals surface area contributed by atoms with E-state index in [1.807, 2.05) is 0 Å². The number of benzene rings is 1. The van der Waals surface area contributed by atoms with Gasteiger partial charge in [-0.3, -0.25) is 4.90 Å². The van der Waals surface area contributed by atoms with Gasteiger partial charge in [0.2, 0.25) is 0 Å². The van der Waals surface area contributed by atoms with E-state index in [-0.39, 0.29) is 30.8 Å². The highest BCUT2D eigenvalue weighted by molar-refractivity contribution is 5.93. The fourth-order valence-corrected chi connectivity index (χ4v) is 2.34. The average Bonchev–Trinajstić information content (AvgIpc) is 2.42. The molecule has 0 radical (unpaired) electrons. The number of carboxylic acid groups (broad SMARTS) is 1. The fourth-order valence-electron chi connectivity index (χ4n) is 2.34. The molecule has 21 heavy (non-hydrogen) atoms. The Morgan fingerprint density at radius 2 is 1.86 bits per heavy atom. The monoisotopic (exact) mass is 292 g/mol. The number of nitrogens with zero attached hydrogens (tertiary/aromatic N) is 2. The van der Waals surface area contributed by atoms with Gasteiger partial charge in [-0.25, -0.2) is 9.59 Å². The van der Waals surface area contributed by atoms with E-state index in [9.17, 15) is 14.7 Å². The lowest BCUT2D eigenvalue weighted by Crippen LogP contribution is -2.49. The second-order valence-electron chi connectivity index (χ2n) is 5.21. The summed E-state index contributed by atoms with van der Waals surface area (Å²) < 4.78 is 0. The van der Waals surface area contributed by atoms with Gasteiger partial charge in [-0.15, -0.1) is 0 Å². The second kappa shape index (κ2) is 6.58. The molecule has 6 nitrogen and oxygen atoms in total. The van der Waals surface area contributed by atoms with Crippen LogP contribution in [0.15, 0.2) is 24.3 Å². The summed E-state index contributed by atoms with van der Waals surface area (Å²) in [6.45, 7) is 0.0350. The number of carbonyl (C=O) groups is 2. The SMILES string of the molecule is CN(C(=O)N(CCO)c1ccc(C(=O)O)cc1)C1CCC1. The van der Waals surface area contributed by atoms with E-state index in [0.717, 1.165) is 19.3 Å². The zero-order valence-corrected chi connectivity index (χ0v) is 12.0. The van der Waals surface area contributed by atoms with E-state index in [1.54, 1.807) is 24.1 Å². The van der Waals surface area contributed by atoms with Crippen LogP contribution < -0.4 is 4.90 Å². The molecular formula is C15H20N2O4. The van der Waals surface area contributed by atoms with Gasteiger partial charge in [-0.05, 0) is 43.5 Å². The van der Waals surface area contributed by atoms with Crippen LogP contribution in [0.25, 0.3) is 0 Å². The molecule has 0 aliphatic heterocycles. The lowest BCUT2D eigenvalue weighted by Gasteiger charge is -2.37. The molecule has 1 saturated carbocycles. The summed E-state index contributed by atoms with van der Waals surface area (Å²) in [6, 6.07) is 6.18. The molecule has 0 unspecified atom stereocenters. The standard InChI is InChI=1S/C15H20N2O4/c1-16(12-3-2-4-12)15(21)17(9-10-18)13-7-5-11(6-8-13)14(19)20/h5-8,12,18H,2-4,9-10H2,1H3,(H,19,20). The first-order chi connectivity index (χ1) is 10.0. The molecule has 1 fully saturated rings. The van der Waals surface area contributed by atoms with E-state index >= 15 is 0 Å². The van der Waals surface area contributed by atoms with Gasteiger partial charge in [0.15, 0.2) is 0 Å². The van der Waals surface area contributed by atoms with Crippen LogP contribution >= 0.6 is 0 Å². The molecule has 1 aromatic rings. The van der Waals surface area contributed by atoms with Crippen LogP contribution in [-0.4, -0.2) is 53.4 Å². The first-order valence-corrected chi connectivity index (χ1v) is 7.03. The number of hydrogen-bond donors (Lipinski definition) is 2. The van der Waals surface area contributed by atoms with Crippen molar-refractivity contribution in [2.24, 2.45) is 0 Å². The highest BCUT2D eigenvalue weighted by Crippen LogP contribution is 2.26. The van der Waals surface area contributed by atoms with Crippen LogP contribution in [0.4, 0.5) is 10.5 Å². The first kappa shape index (κ1) is 15.3. The van der Waals surface area contributed by atoms with E-state index in [1.165, 1.54) is 17.0 Å². The molecule has 0 spiro atoms. The maximum absolute atomic E-state index is 12.5. The highest BCUT2D eigenvalue weighted by atomic mass is 16.4. The minimum atomic E-state index is -1.01. The number of aliphatic hydroxyl groups is 1. The molecule has 0 saturated heterocycles. The van der Waals surface area contributed by atoms with Crippen LogP contribution in [0.5, 0.6) is 0 Å². The van der Waals surface area contributed by atoms with Crippen LogP contribution in [0.2, 0.25) is 0 Å². The summed E-state index contributed by atoms with van der Waals surface area (Å²) in [5.41, 5.74) is 0.757. The van der Waals surface area contributed by atoms with Crippen molar-refractivity contribution in [3.63, 3.8) is 0 Å². The quantitative estimate of drug-likeness (QED) is 0.867. The fraction of sp³-hybridized carbons (Fsp3) is 0.467. The van der Waals surface area contributed by atoms with Crippen molar-refractivity contribution in [1.82, 2.24) is 4.90 Å². The van der Waals surface area contributed by atoms with Crippen molar-refractivity contribution in [3.8, 4) is 0 Å². The van der Waals surface area contributed by atoms with Gasteiger partial charge in [0.1, 0.15) is 0 Å². The molecular weight excluding hydrogens is 272 g/mol. The van der Waals surface area contributed by atoms with Crippen LogP contribution in [0, 0.1) is 0 Å². The Balaban J connectivity index is 2.16. The predicted molar refractivity (Wildman–Crippen MR) is 78.6 cm³/mol. The van der Waals surface area contributed by atoms with Crippen molar-refractivity contribution in [3.05, 3.63) is 29.8 Å². The maximum atomic E-state index is 12.5. The lowest BCUT2D eigenvalue weighted by molar-refractivity contribution is 0.0697. The van der Waals surface area contributed by atoms with Gasteiger partial charge >= 0.3 is 12.0 Å². The van der Waals surface area contributed by atoms with Gasteiger partial charge in [-0.1, -0.05) is 0 Å². The molecule has 2 amide bonds. The molecule has 2 N–H and O–H groups in total. The van der Waals surface area contributed by atoms with Gasteiger partial charge in [0.05, 0.1) is 18.7 Å². The molecule has 0 heterocycles. The second-order valence-corrected chi connectivity index (χ2v) is 5.21. The number of aliphatic hydroxyl groups excluding tert-OH is 1. The van der Waals surface area contributed by atoms with E-state index < -0.39 is 5.97 Å². The van der Waals surface area contributed by atoms with Crippen LogP contribution in [0.1, 0.15) is 29.6 Å². The summed E-state index contributed by atoms with van der Waals surface area (Å²) in [5, 5.41) is 18.1. The largest absolute Gasteiger partial charge is 0.478 e. The summed E-state index contributed by atoms with van der Waals surface area (Å²) in [6.07, 6.45) is 3.15. The minimum Gasteiger partial charge on any atom is -0.478 e. The number of urea groups is 1. The average molecular weight is 292 g/mol. The molecule has 0 aromatic heterocycles. The number of rotatable bonds is 5. The minimum absolute atomic E-state index is 0.148. The summed E-state index contributed by atoms with van der Waals surface area (Å²) in [7, 11) is 1.77. The zero-order chi connectivity index (χ0) is 15.4. The Kier molecular flexibility index (Phi) is 4.80. The normalized spacial score (nSPS) is 14.4. The van der Waals surface area contributed by atoms with Gasteiger partial charge < -0.3 is 15.1 Å². The Labute approximate surface area is 123 Å². The van der Waals surface area contributed by atoms with Crippen LogP contribution in [0.3, 0.4) is 0 Å². The first-order valence-electron chi connectivity index (χ1n) is 7.03. The number of carboxylic acids is 1. The van der Waals surface area contributed by atoms with Gasteiger partial charge in [0, 0.05) is 18.8 Å². The summed E-state index contributed by atoms with van der Waals surface area (Å²) in [5.74, 6) is -1.01. The van der Waals surface area contributed by atoms with Crippen molar-refractivity contribution < 1.29 is 19.8 Å².